The van der Waals surface area contributed by atoms with Gasteiger partial charge in [0.15, 0.2) is 0 Å². The van der Waals surface area contributed by atoms with Crippen LogP contribution in [0.2, 0.25) is 0 Å². The summed E-state index contributed by atoms with van der Waals surface area (Å²) in [7, 11) is 0. The highest BCUT2D eigenvalue weighted by Crippen LogP contribution is 2.13. The normalized spacial score (nSPS) is 9.08. The average molecular weight is 162 g/mol. The lowest BCUT2D eigenvalue weighted by atomic mass is 10.1. The fourth-order valence-electron chi connectivity index (χ4n) is 0.999. The van der Waals surface area contributed by atoms with Crippen molar-refractivity contribution in [3.8, 4) is 0 Å². The van der Waals surface area contributed by atoms with Gasteiger partial charge in [0, 0.05) is 17.0 Å². The van der Waals surface area contributed by atoms with E-state index in [1.54, 1.807) is 19.1 Å². The maximum atomic E-state index is 10.2. The molecule has 1 aromatic carbocycles. The van der Waals surface area contributed by atoms with E-state index in [0.717, 1.165) is 5.56 Å². The molecule has 3 heteroatoms. The van der Waals surface area contributed by atoms with E-state index in [1.807, 2.05) is 12.1 Å². The zero-order valence-corrected chi connectivity index (χ0v) is 6.79. The Hall–Kier alpha value is -1.64. The van der Waals surface area contributed by atoms with Crippen LogP contribution in [0, 0.1) is 5.41 Å². The molecule has 0 heterocycles. The van der Waals surface area contributed by atoms with Crippen molar-refractivity contribution in [1.29, 1.82) is 5.41 Å². The summed E-state index contributed by atoms with van der Waals surface area (Å²) in [5, 5.41) is 9.93. The summed E-state index contributed by atoms with van der Waals surface area (Å²) in [4.78, 5) is 10.2. The molecule has 0 saturated heterocycles. The first kappa shape index (κ1) is 8.46. The van der Waals surface area contributed by atoms with E-state index in [2.05, 4.69) is 5.32 Å². The fraction of sp³-hybridized carbons (Fsp3) is 0.111. The number of benzene rings is 1. The van der Waals surface area contributed by atoms with Crippen LogP contribution in [0.15, 0.2) is 24.3 Å². The molecular weight excluding hydrogens is 152 g/mol. The van der Waals surface area contributed by atoms with Gasteiger partial charge in [0.1, 0.15) is 0 Å². The maximum Gasteiger partial charge on any atom is 0.211 e. The lowest BCUT2D eigenvalue weighted by Gasteiger charge is -2.04. The van der Waals surface area contributed by atoms with Crippen LogP contribution >= 0.6 is 0 Å². The molecule has 1 amide bonds. The third-order valence-electron chi connectivity index (χ3n) is 1.55. The fourth-order valence-corrected chi connectivity index (χ4v) is 0.999. The van der Waals surface area contributed by atoms with Crippen LogP contribution in [0.25, 0.3) is 0 Å². The predicted molar refractivity (Wildman–Crippen MR) is 48.6 cm³/mol. The van der Waals surface area contributed by atoms with E-state index < -0.39 is 0 Å². The van der Waals surface area contributed by atoms with Gasteiger partial charge < -0.3 is 10.7 Å². The first-order chi connectivity index (χ1) is 5.75. The second-order valence-corrected chi connectivity index (χ2v) is 2.43. The number of anilines is 1. The van der Waals surface area contributed by atoms with E-state index in [9.17, 15) is 4.79 Å². The topological polar surface area (TPSA) is 53.0 Å². The molecule has 2 N–H and O–H groups in total. The first-order valence-electron chi connectivity index (χ1n) is 3.60. The van der Waals surface area contributed by atoms with Gasteiger partial charge in [-0.25, -0.2) is 0 Å². The standard InChI is InChI=1S/C9H10N2O/c1-7(10)8-4-2-3-5-9(8)11-6-12/h2-6,10H,1H3,(H,11,12). The number of nitrogens with one attached hydrogen (secondary N) is 2. The molecule has 0 spiro atoms. The largest absolute Gasteiger partial charge is 0.328 e. The number of hydrogen-bond acceptors (Lipinski definition) is 2. The van der Waals surface area contributed by atoms with Crippen LogP contribution in [0.1, 0.15) is 12.5 Å². The number of hydrogen-bond donors (Lipinski definition) is 2. The van der Waals surface area contributed by atoms with E-state index >= 15 is 0 Å². The first-order valence-corrected chi connectivity index (χ1v) is 3.60. The van der Waals surface area contributed by atoms with Gasteiger partial charge in [-0.1, -0.05) is 18.2 Å². The molecule has 0 unspecified atom stereocenters. The molecule has 12 heavy (non-hydrogen) atoms. The van der Waals surface area contributed by atoms with Crippen molar-refractivity contribution in [2.45, 2.75) is 6.92 Å². The van der Waals surface area contributed by atoms with Gasteiger partial charge in [0.2, 0.25) is 6.41 Å². The van der Waals surface area contributed by atoms with Gasteiger partial charge >= 0.3 is 0 Å². The summed E-state index contributed by atoms with van der Waals surface area (Å²) in [6.45, 7) is 1.69. The molecule has 0 saturated carbocycles. The van der Waals surface area contributed by atoms with Crippen molar-refractivity contribution in [2.24, 2.45) is 0 Å². The average Bonchev–Trinajstić information content (AvgIpc) is 2.05. The van der Waals surface area contributed by atoms with Gasteiger partial charge in [-0.3, -0.25) is 4.79 Å². The highest BCUT2D eigenvalue weighted by Gasteiger charge is 2.00. The maximum absolute atomic E-state index is 10.2. The van der Waals surface area contributed by atoms with E-state index in [1.165, 1.54) is 0 Å². The van der Waals surface area contributed by atoms with Crippen LogP contribution in [0.4, 0.5) is 5.69 Å². The second-order valence-electron chi connectivity index (χ2n) is 2.43. The number of rotatable bonds is 3. The zero-order chi connectivity index (χ0) is 8.97. The van der Waals surface area contributed by atoms with Crippen LogP contribution in [0.5, 0.6) is 0 Å². The van der Waals surface area contributed by atoms with Crippen molar-refractivity contribution in [1.82, 2.24) is 0 Å². The molecule has 0 bridgehead atoms. The van der Waals surface area contributed by atoms with Gasteiger partial charge in [0.25, 0.3) is 0 Å². The highest BCUT2D eigenvalue weighted by molar-refractivity contribution is 6.02. The van der Waals surface area contributed by atoms with Gasteiger partial charge in [-0.2, -0.15) is 0 Å². The Morgan fingerprint density at radius 2 is 2.17 bits per heavy atom. The summed E-state index contributed by atoms with van der Waals surface area (Å²) in [6, 6.07) is 7.22. The Labute approximate surface area is 70.9 Å². The monoisotopic (exact) mass is 162 g/mol. The molecule has 3 nitrogen and oxygen atoms in total. The Bertz CT molecular complexity index is 307. The molecule has 0 aliphatic carbocycles. The van der Waals surface area contributed by atoms with Crippen LogP contribution in [0.3, 0.4) is 0 Å². The summed E-state index contributed by atoms with van der Waals surface area (Å²) in [6.07, 6.45) is 0.613. The number of para-hydroxylation sites is 1. The summed E-state index contributed by atoms with van der Waals surface area (Å²) in [5.74, 6) is 0. The third kappa shape index (κ3) is 1.69. The lowest BCUT2D eigenvalue weighted by Crippen LogP contribution is -2.01. The van der Waals surface area contributed by atoms with Gasteiger partial charge in [0.05, 0.1) is 0 Å². The van der Waals surface area contributed by atoms with Crippen molar-refractivity contribution < 1.29 is 4.79 Å². The quantitative estimate of drug-likeness (QED) is 0.515. The van der Waals surface area contributed by atoms with E-state index in [4.69, 9.17) is 5.41 Å². The van der Waals surface area contributed by atoms with Crippen molar-refractivity contribution >= 4 is 17.8 Å². The molecule has 1 rings (SSSR count). The number of carbonyl (C=O) groups excluding carboxylic acids is 1. The molecule has 1 aromatic rings. The molecule has 0 aliphatic heterocycles. The smallest absolute Gasteiger partial charge is 0.211 e. The Balaban J connectivity index is 3.07. The van der Waals surface area contributed by atoms with Crippen molar-refractivity contribution in [3.63, 3.8) is 0 Å². The predicted octanol–water partition coefficient (Wildman–Crippen LogP) is 1.64. The van der Waals surface area contributed by atoms with Crippen LogP contribution in [-0.2, 0) is 4.79 Å². The molecule has 0 fully saturated rings. The molecule has 62 valence electrons. The number of carbonyl (C=O) groups is 1. The number of amides is 1. The van der Waals surface area contributed by atoms with Gasteiger partial charge in [-0.05, 0) is 13.0 Å². The van der Waals surface area contributed by atoms with E-state index in [0.29, 0.717) is 17.8 Å². The third-order valence-corrected chi connectivity index (χ3v) is 1.55. The SMILES string of the molecule is CC(=N)c1ccccc1NC=O. The summed E-state index contributed by atoms with van der Waals surface area (Å²) >= 11 is 0. The van der Waals surface area contributed by atoms with E-state index in [-0.39, 0.29) is 0 Å². The second kappa shape index (κ2) is 3.67. The van der Waals surface area contributed by atoms with Crippen LogP contribution in [-0.4, -0.2) is 12.1 Å². The minimum absolute atomic E-state index is 0.444. The Kier molecular flexibility index (Phi) is 2.58. The molecule has 0 aromatic heterocycles. The van der Waals surface area contributed by atoms with Crippen molar-refractivity contribution in [3.05, 3.63) is 29.8 Å². The molecular formula is C9H10N2O. The Morgan fingerprint density at radius 3 is 2.75 bits per heavy atom. The van der Waals surface area contributed by atoms with Gasteiger partial charge in [-0.15, -0.1) is 0 Å². The lowest BCUT2D eigenvalue weighted by molar-refractivity contribution is -0.105. The highest BCUT2D eigenvalue weighted by atomic mass is 16.1. The minimum atomic E-state index is 0.444. The summed E-state index contributed by atoms with van der Waals surface area (Å²) in [5.41, 5.74) is 1.88. The summed E-state index contributed by atoms with van der Waals surface area (Å²) < 4.78 is 0. The molecule has 0 radical (unpaired) electrons. The minimum Gasteiger partial charge on any atom is -0.328 e. The Morgan fingerprint density at radius 1 is 1.50 bits per heavy atom. The molecule has 0 atom stereocenters. The zero-order valence-electron chi connectivity index (χ0n) is 6.79. The van der Waals surface area contributed by atoms with Crippen molar-refractivity contribution in [2.75, 3.05) is 5.32 Å². The van der Waals surface area contributed by atoms with Crippen LogP contribution < -0.4 is 5.32 Å². The molecule has 0 aliphatic rings.